The predicted molar refractivity (Wildman–Crippen MR) is 106 cm³/mol. The first-order valence-corrected chi connectivity index (χ1v) is 11.2. The van der Waals surface area contributed by atoms with Crippen LogP contribution in [0.5, 0.6) is 0 Å². The number of hydrogen-bond donors (Lipinski definition) is 0. The number of rotatable bonds is 5. The number of hydrogen-bond acceptors (Lipinski definition) is 7. The molecule has 2 fully saturated rings. The molecule has 3 heterocycles. The van der Waals surface area contributed by atoms with Crippen molar-refractivity contribution in [1.82, 2.24) is 14.5 Å². The van der Waals surface area contributed by atoms with Crippen LogP contribution in [-0.4, -0.2) is 49.1 Å². The Morgan fingerprint density at radius 1 is 1.03 bits per heavy atom. The third kappa shape index (κ3) is 3.56. The van der Waals surface area contributed by atoms with Crippen LogP contribution in [0.15, 0.2) is 50.5 Å². The monoisotopic (exact) mass is 414 g/mol. The Bertz CT molecular complexity index is 1110. The summed E-state index contributed by atoms with van der Waals surface area (Å²) in [7, 11) is -3.71. The second kappa shape index (κ2) is 7.00. The lowest BCUT2D eigenvalue weighted by atomic mass is 10.2. The molecule has 1 saturated heterocycles. The van der Waals surface area contributed by atoms with E-state index in [9.17, 15) is 8.42 Å². The SMILES string of the molecule is Cc1ccc(N2CCN(S(=O)(=O)c3cc(-c4nnc(C5CC5)o4)co3)CC2)cc1. The first-order chi connectivity index (χ1) is 14.0. The van der Waals surface area contributed by atoms with Gasteiger partial charge in [-0.2, -0.15) is 4.31 Å². The lowest BCUT2D eigenvalue weighted by Crippen LogP contribution is -2.48. The number of benzene rings is 1. The molecule has 0 atom stereocenters. The summed E-state index contributed by atoms with van der Waals surface area (Å²) >= 11 is 0. The molecule has 1 aromatic carbocycles. The van der Waals surface area contributed by atoms with E-state index in [1.54, 1.807) is 0 Å². The third-order valence-electron chi connectivity index (χ3n) is 5.42. The van der Waals surface area contributed by atoms with Crippen molar-refractivity contribution in [3.8, 4) is 11.5 Å². The average Bonchev–Trinajstić information content (AvgIpc) is 3.25. The molecule has 0 bridgehead atoms. The van der Waals surface area contributed by atoms with Crippen LogP contribution in [0.3, 0.4) is 0 Å². The van der Waals surface area contributed by atoms with Crippen molar-refractivity contribution < 1.29 is 17.3 Å². The fourth-order valence-corrected chi connectivity index (χ4v) is 4.82. The average molecular weight is 414 g/mol. The molecular weight excluding hydrogens is 392 g/mol. The largest absolute Gasteiger partial charge is 0.451 e. The summed E-state index contributed by atoms with van der Waals surface area (Å²) < 4.78 is 38.5. The van der Waals surface area contributed by atoms with Gasteiger partial charge in [-0.05, 0) is 31.9 Å². The van der Waals surface area contributed by atoms with Crippen LogP contribution in [0.25, 0.3) is 11.5 Å². The highest BCUT2D eigenvalue weighted by Gasteiger charge is 2.33. The predicted octanol–water partition coefficient (Wildman–Crippen LogP) is 3.03. The van der Waals surface area contributed by atoms with E-state index in [2.05, 4.69) is 39.4 Å². The number of aromatic nitrogens is 2. The summed E-state index contributed by atoms with van der Waals surface area (Å²) in [5, 5.41) is 7.95. The van der Waals surface area contributed by atoms with E-state index in [4.69, 9.17) is 8.83 Å². The molecule has 9 heteroatoms. The van der Waals surface area contributed by atoms with Crippen LogP contribution in [-0.2, 0) is 10.0 Å². The van der Waals surface area contributed by atoms with Gasteiger partial charge in [0.15, 0.2) is 0 Å². The molecule has 29 heavy (non-hydrogen) atoms. The molecule has 152 valence electrons. The van der Waals surface area contributed by atoms with Crippen molar-refractivity contribution in [2.75, 3.05) is 31.1 Å². The number of piperazine rings is 1. The van der Waals surface area contributed by atoms with E-state index < -0.39 is 10.0 Å². The summed E-state index contributed by atoms with van der Waals surface area (Å²) in [5.41, 5.74) is 2.80. The van der Waals surface area contributed by atoms with E-state index in [-0.39, 0.29) is 5.09 Å². The molecule has 3 aromatic rings. The van der Waals surface area contributed by atoms with E-state index in [1.807, 2.05) is 6.92 Å². The summed E-state index contributed by atoms with van der Waals surface area (Å²) in [5.74, 6) is 1.25. The Morgan fingerprint density at radius 3 is 2.45 bits per heavy atom. The Morgan fingerprint density at radius 2 is 1.76 bits per heavy atom. The van der Waals surface area contributed by atoms with Gasteiger partial charge in [0.1, 0.15) is 6.26 Å². The molecule has 0 N–H and O–H groups in total. The summed E-state index contributed by atoms with van der Waals surface area (Å²) in [6.45, 7) is 4.11. The van der Waals surface area contributed by atoms with Crippen molar-refractivity contribution in [3.05, 3.63) is 48.0 Å². The Balaban J connectivity index is 1.28. The minimum atomic E-state index is -3.71. The number of nitrogens with zero attached hydrogens (tertiary/aromatic N) is 4. The van der Waals surface area contributed by atoms with Crippen LogP contribution in [0.1, 0.15) is 30.2 Å². The molecule has 2 aromatic heterocycles. The third-order valence-corrected chi connectivity index (χ3v) is 7.19. The van der Waals surface area contributed by atoms with Crippen molar-refractivity contribution in [2.45, 2.75) is 30.8 Å². The lowest BCUT2D eigenvalue weighted by molar-refractivity contribution is 0.362. The molecule has 2 aliphatic rings. The van der Waals surface area contributed by atoms with Crippen molar-refractivity contribution in [1.29, 1.82) is 0 Å². The smallest absolute Gasteiger partial charge is 0.276 e. The van der Waals surface area contributed by atoms with E-state index in [0.29, 0.717) is 49.4 Å². The number of aryl methyl sites for hydroxylation is 1. The second-order valence-electron chi connectivity index (χ2n) is 7.60. The first kappa shape index (κ1) is 18.4. The Labute approximate surface area is 169 Å². The molecular formula is C20H22N4O4S. The van der Waals surface area contributed by atoms with Gasteiger partial charge in [-0.15, -0.1) is 10.2 Å². The minimum Gasteiger partial charge on any atom is -0.451 e. The van der Waals surface area contributed by atoms with Gasteiger partial charge in [-0.1, -0.05) is 17.7 Å². The van der Waals surface area contributed by atoms with Crippen LogP contribution in [0, 0.1) is 6.92 Å². The van der Waals surface area contributed by atoms with Gasteiger partial charge in [0, 0.05) is 43.9 Å². The van der Waals surface area contributed by atoms with E-state index >= 15 is 0 Å². The van der Waals surface area contributed by atoms with Gasteiger partial charge in [0.2, 0.25) is 11.0 Å². The molecule has 0 spiro atoms. The maximum atomic E-state index is 13.0. The minimum absolute atomic E-state index is 0.0949. The summed E-state index contributed by atoms with van der Waals surface area (Å²) in [4.78, 5) is 2.19. The van der Waals surface area contributed by atoms with E-state index in [1.165, 1.54) is 22.2 Å². The van der Waals surface area contributed by atoms with Crippen molar-refractivity contribution in [2.24, 2.45) is 0 Å². The molecule has 5 rings (SSSR count). The Kier molecular flexibility index (Phi) is 4.44. The zero-order chi connectivity index (χ0) is 20.0. The zero-order valence-electron chi connectivity index (χ0n) is 16.1. The van der Waals surface area contributed by atoms with Crippen LogP contribution in [0.2, 0.25) is 0 Å². The van der Waals surface area contributed by atoms with Gasteiger partial charge < -0.3 is 13.7 Å². The van der Waals surface area contributed by atoms with Crippen molar-refractivity contribution in [3.63, 3.8) is 0 Å². The maximum absolute atomic E-state index is 13.0. The topological polar surface area (TPSA) is 92.7 Å². The molecule has 0 radical (unpaired) electrons. The number of sulfonamides is 1. The standard InChI is InChI=1S/C20H22N4O4S/c1-14-2-6-17(7-3-14)23-8-10-24(11-9-23)29(25,26)18-12-16(13-27-18)20-22-21-19(28-20)15-4-5-15/h2-3,6-7,12-13,15H,4-5,8-11H2,1H3. The molecule has 8 nitrogen and oxygen atoms in total. The van der Waals surface area contributed by atoms with Gasteiger partial charge in [-0.3, -0.25) is 0 Å². The van der Waals surface area contributed by atoms with Crippen LogP contribution in [0.4, 0.5) is 5.69 Å². The van der Waals surface area contributed by atoms with E-state index in [0.717, 1.165) is 18.5 Å². The normalized spacial score (nSPS) is 18.3. The first-order valence-electron chi connectivity index (χ1n) is 9.75. The molecule has 1 aliphatic heterocycles. The number of furan rings is 1. The van der Waals surface area contributed by atoms with Gasteiger partial charge in [-0.25, -0.2) is 8.42 Å². The van der Waals surface area contributed by atoms with Crippen molar-refractivity contribution >= 4 is 15.7 Å². The highest BCUT2D eigenvalue weighted by molar-refractivity contribution is 7.89. The zero-order valence-corrected chi connectivity index (χ0v) is 16.9. The quantitative estimate of drug-likeness (QED) is 0.633. The highest BCUT2D eigenvalue weighted by Crippen LogP contribution is 2.40. The molecule has 0 unspecified atom stereocenters. The number of anilines is 1. The van der Waals surface area contributed by atoms with Gasteiger partial charge in [0.25, 0.3) is 15.9 Å². The summed E-state index contributed by atoms with van der Waals surface area (Å²) in [6.07, 6.45) is 3.47. The van der Waals surface area contributed by atoms with Gasteiger partial charge in [0.05, 0.1) is 5.56 Å². The fraction of sp³-hybridized carbons (Fsp3) is 0.400. The van der Waals surface area contributed by atoms with Crippen LogP contribution < -0.4 is 4.90 Å². The maximum Gasteiger partial charge on any atom is 0.276 e. The highest BCUT2D eigenvalue weighted by atomic mass is 32.2. The molecule has 1 saturated carbocycles. The van der Waals surface area contributed by atoms with Crippen LogP contribution >= 0.6 is 0 Å². The Hall–Kier alpha value is -2.65. The summed E-state index contributed by atoms with van der Waals surface area (Å²) in [6, 6.07) is 9.73. The second-order valence-corrected chi connectivity index (χ2v) is 9.47. The van der Waals surface area contributed by atoms with Gasteiger partial charge >= 0.3 is 0 Å². The molecule has 0 amide bonds. The fourth-order valence-electron chi connectivity index (χ4n) is 3.48. The lowest BCUT2D eigenvalue weighted by Gasteiger charge is -2.34. The molecule has 1 aliphatic carbocycles.